The van der Waals surface area contributed by atoms with Crippen LogP contribution in [0.4, 0.5) is 11.4 Å². The monoisotopic (exact) mass is 366 g/mol. The minimum atomic E-state index is -3.57. The van der Waals surface area contributed by atoms with E-state index < -0.39 is 10.0 Å². The lowest BCUT2D eigenvalue weighted by Gasteiger charge is -2.29. The van der Waals surface area contributed by atoms with E-state index in [0.29, 0.717) is 31.7 Å². The summed E-state index contributed by atoms with van der Waals surface area (Å²) in [6.45, 7) is 0.945. The minimum absolute atomic E-state index is 0.0615. The summed E-state index contributed by atoms with van der Waals surface area (Å²) in [4.78, 5) is 13.8. The van der Waals surface area contributed by atoms with Gasteiger partial charge in [0.15, 0.2) is 0 Å². The largest absolute Gasteiger partial charge is 0.383 e. The van der Waals surface area contributed by atoms with Gasteiger partial charge < -0.3 is 9.64 Å². The van der Waals surface area contributed by atoms with Gasteiger partial charge in [-0.2, -0.15) is 0 Å². The van der Waals surface area contributed by atoms with Crippen LogP contribution in [0.5, 0.6) is 0 Å². The molecular formula is C16H18N2O4S2. The second-order valence-electron chi connectivity index (χ2n) is 5.42. The van der Waals surface area contributed by atoms with Crippen molar-refractivity contribution in [3.63, 3.8) is 0 Å². The molecule has 1 amide bonds. The first-order valence-corrected chi connectivity index (χ1v) is 9.86. The molecule has 0 fully saturated rings. The van der Waals surface area contributed by atoms with Crippen LogP contribution in [0.15, 0.2) is 39.9 Å². The molecule has 2 aromatic rings. The van der Waals surface area contributed by atoms with Crippen LogP contribution >= 0.6 is 11.3 Å². The molecule has 0 atom stereocenters. The number of hydrogen-bond acceptors (Lipinski definition) is 5. The molecular weight excluding hydrogens is 348 g/mol. The van der Waals surface area contributed by atoms with Gasteiger partial charge >= 0.3 is 0 Å². The fourth-order valence-corrected chi connectivity index (χ4v) is 4.72. The Labute approximate surface area is 145 Å². The molecule has 3 rings (SSSR count). The summed E-state index contributed by atoms with van der Waals surface area (Å²) < 4.78 is 32.5. The number of methoxy groups -OCH3 is 1. The average Bonchev–Trinajstić information content (AvgIpc) is 3.09. The molecule has 0 saturated carbocycles. The molecule has 0 radical (unpaired) electrons. The molecule has 1 N–H and O–H groups in total. The van der Waals surface area contributed by atoms with Crippen molar-refractivity contribution in [1.29, 1.82) is 0 Å². The number of nitrogens with one attached hydrogen (secondary N) is 1. The van der Waals surface area contributed by atoms with Gasteiger partial charge in [-0.05, 0) is 41.6 Å². The predicted molar refractivity (Wildman–Crippen MR) is 94.1 cm³/mol. The zero-order valence-corrected chi connectivity index (χ0v) is 14.8. The van der Waals surface area contributed by atoms with E-state index in [1.165, 1.54) is 11.3 Å². The molecule has 1 aromatic carbocycles. The van der Waals surface area contributed by atoms with Gasteiger partial charge in [-0.15, -0.1) is 11.3 Å². The van der Waals surface area contributed by atoms with E-state index in [4.69, 9.17) is 4.74 Å². The number of sulfonamides is 1. The Morgan fingerprint density at radius 1 is 1.29 bits per heavy atom. The van der Waals surface area contributed by atoms with E-state index in [0.717, 1.165) is 11.3 Å². The Morgan fingerprint density at radius 3 is 2.83 bits per heavy atom. The third-order valence-electron chi connectivity index (χ3n) is 3.81. The van der Waals surface area contributed by atoms with Crippen molar-refractivity contribution in [1.82, 2.24) is 0 Å². The van der Waals surface area contributed by atoms with E-state index >= 15 is 0 Å². The van der Waals surface area contributed by atoms with Crippen LogP contribution in [0.2, 0.25) is 0 Å². The number of hydrogen-bond donors (Lipinski definition) is 1. The average molecular weight is 366 g/mol. The normalized spacial score (nSPS) is 14.5. The Hall–Kier alpha value is -1.90. The van der Waals surface area contributed by atoms with E-state index in [9.17, 15) is 13.2 Å². The van der Waals surface area contributed by atoms with Gasteiger partial charge in [-0.1, -0.05) is 6.07 Å². The standard InChI is InChI=1S/C16H18N2O4S2/c1-22-9-8-18-14-6-5-13(11-12(14)4-7-15(18)19)17-24(20,21)16-3-2-10-23-16/h2-3,5-6,10-11,17H,4,7-9H2,1H3. The number of nitrogens with zero attached hydrogens (tertiary/aromatic N) is 1. The predicted octanol–water partition coefficient (Wildman–Crippen LogP) is 2.47. The zero-order chi connectivity index (χ0) is 17.2. The number of carbonyl (C=O) groups is 1. The lowest BCUT2D eigenvalue weighted by Crippen LogP contribution is -2.37. The van der Waals surface area contributed by atoms with E-state index in [1.54, 1.807) is 47.7 Å². The Bertz CT molecular complexity index is 832. The van der Waals surface area contributed by atoms with Crippen LogP contribution in [-0.4, -0.2) is 34.6 Å². The van der Waals surface area contributed by atoms with Gasteiger partial charge in [-0.3, -0.25) is 9.52 Å². The summed E-state index contributed by atoms with van der Waals surface area (Å²) in [6.07, 6.45) is 1.02. The molecule has 0 aliphatic carbocycles. The highest BCUT2D eigenvalue weighted by Crippen LogP contribution is 2.31. The summed E-state index contributed by atoms with van der Waals surface area (Å²) in [7, 11) is -1.97. The number of rotatable bonds is 6. The number of thiophene rings is 1. The minimum Gasteiger partial charge on any atom is -0.383 e. The maximum absolute atomic E-state index is 12.3. The van der Waals surface area contributed by atoms with Gasteiger partial charge in [0.1, 0.15) is 4.21 Å². The van der Waals surface area contributed by atoms with Crippen LogP contribution in [-0.2, 0) is 26.0 Å². The summed E-state index contributed by atoms with van der Waals surface area (Å²) in [6, 6.07) is 8.53. The summed E-state index contributed by atoms with van der Waals surface area (Å²) >= 11 is 1.17. The molecule has 6 nitrogen and oxygen atoms in total. The number of ether oxygens (including phenoxy) is 1. The zero-order valence-electron chi connectivity index (χ0n) is 13.2. The highest BCUT2D eigenvalue weighted by Gasteiger charge is 2.24. The second-order valence-corrected chi connectivity index (χ2v) is 8.28. The van der Waals surface area contributed by atoms with Crippen LogP contribution in [0.25, 0.3) is 0 Å². The molecule has 0 saturated heterocycles. The van der Waals surface area contributed by atoms with Gasteiger partial charge in [0.25, 0.3) is 10.0 Å². The van der Waals surface area contributed by atoms with Gasteiger partial charge in [0, 0.05) is 31.5 Å². The maximum atomic E-state index is 12.3. The molecule has 8 heteroatoms. The van der Waals surface area contributed by atoms with Crippen molar-refractivity contribution < 1.29 is 17.9 Å². The number of benzene rings is 1. The molecule has 0 bridgehead atoms. The number of amides is 1. The number of carbonyl (C=O) groups excluding carboxylic acids is 1. The molecule has 128 valence electrons. The third kappa shape index (κ3) is 3.45. The molecule has 0 spiro atoms. The Morgan fingerprint density at radius 2 is 2.12 bits per heavy atom. The third-order valence-corrected chi connectivity index (χ3v) is 6.59. The van der Waals surface area contributed by atoms with Crippen molar-refractivity contribution in [3.05, 3.63) is 41.3 Å². The molecule has 1 aromatic heterocycles. The summed E-state index contributed by atoms with van der Waals surface area (Å²) in [5.74, 6) is 0.0615. The smallest absolute Gasteiger partial charge is 0.271 e. The van der Waals surface area contributed by atoms with Crippen molar-refractivity contribution in [2.75, 3.05) is 29.9 Å². The van der Waals surface area contributed by atoms with E-state index in [1.807, 2.05) is 0 Å². The summed E-state index contributed by atoms with van der Waals surface area (Å²) in [5, 5.41) is 1.72. The first-order valence-electron chi connectivity index (χ1n) is 7.50. The SMILES string of the molecule is COCCN1C(=O)CCc2cc(NS(=O)(=O)c3cccs3)ccc21. The van der Waals surface area contributed by atoms with Crippen molar-refractivity contribution in [3.8, 4) is 0 Å². The van der Waals surface area contributed by atoms with Crippen LogP contribution in [0.1, 0.15) is 12.0 Å². The summed E-state index contributed by atoms with van der Waals surface area (Å²) in [5.41, 5.74) is 2.28. The highest BCUT2D eigenvalue weighted by atomic mass is 32.2. The first-order chi connectivity index (χ1) is 11.5. The van der Waals surface area contributed by atoms with Crippen molar-refractivity contribution in [2.45, 2.75) is 17.1 Å². The van der Waals surface area contributed by atoms with E-state index in [2.05, 4.69) is 4.72 Å². The van der Waals surface area contributed by atoms with E-state index in [-0.39, 0.29) is 10.1 Å². The highest BCUT2D eigenvalue weighted by molar-refractivity contribution is 7.94. The van der Waals surface area contributed by atoms with Crippen molar-refractivity contribution in [2.24, 2.45) is 0 Å². The van der Waals surface area contributed by atoms with Gasteiger partial charge in [0.2, 0.25) is 5.91 Å². The molecule has 2 heterocycles. The lowest BCUT2D eigenvalue weighted by atomic mass is 10.0. The van der Waals surface area contributed by atoms with Crippen molar-refractivity contribution >= 4 is 38.6 Å². The Kier molecular flexibility index (Phi) is 4.88. The molecule has 1 aliphatic heterocycles. The number of aryl methyl sites for hydroxylation is 1. The molecule has 1 aliphatic rings. The van der Waals surface area contributed by atoms with Crippen LogP contribution in [0, 0.1) is 0 Å². The lowest BCUT2D eigenvalue weighted by molar-refractivity contribution is -0.119. The first kappa shape index (κ1) is 16.9. The fourth-order valence-electron chi connectivity index (χ4n) is 2.67. The van der Waals surface area contributed by atoms with Crippen LogP contribution in [0.3, 0.4) is 0 Å². The number of fused-ring (bicyclic) bond motifs is 1. The second kappa shape index (κ2) is 6.92. The topological polar surface area (TPSA) is 75.7 Å². The van der Waals surface area contributed by atoms with Crippen LogP contribution < -0.4 is 9.62 Å². The quantitative estimate of drug-likeness (QED) is 0.852. The molecule has 24 heavy (non-hydrogen) atoms. The molecule has 0 unspecified atom stereocenters. The maximum Gasteiger partial charge on any atom is 0.271 e. The Balaban J connectivity index is 1.85. The fraction of sp³-hybridized carbons (Fsp3) is 0.312. The van der Waals surface area contributed by atoms with Gasteiger partial charge in [0.05, 0.1) is 6.61 Å². The number of anilines is 2. The van der Waals surface area contributed by atoms with Gasteiger partial charge in [-0.25, -0.2) is 8.42 Å².